The zero-order valence-electron chi connectivity index (χ0n) is 19.5. The second-order valence-corrected chi connectivity index (χ2v) is 7.92. The molecule has 0 saturated carbocycles. The van der Waals surface area contributed by atoms with Gasteiger partial charge < -0.3 is 9.64 Å². The Balaban J connectivity index is 1.68. The van der Waals surface area contributed by atoms with Gasteiger partial charge in [0.05, 0.1) is 12.7 Å². The first-order chi connectivity index (χ1) is 16.0. The van der Waals surface area contributed by atoms with Gasteiger partial charge >= 0.3 is 5.97 Å². The van der Waals surface area contributed by atoms with Gasteiger partial charge in [-0.3, -0.25) is 0 Å². The number of unbranched alkanes of at least 4 members (excludes halogenated alkanes) is 1. The molecule has 0 radical (unpaired) electrons. The summed E-state index contributed by atoms with van der Waals surface area (Å²) in [7, 11) is 1.25. The summed E-state index contributed by atoms with van der Waals surface area (Å²) in [6.45, 7) is 5.57. The topological polar surface area (TPSA) is 29.5 Å². The number of hydrogen-bond acceptors (Lipinski definition) is 3. The van der Waals surface area contributed by atoms with Gasteiger partial charge in [-0.1, -0.05) is 49.5 Å². The second-order valence-electron chi connectivity index (χ2n) is 7.92. The Bertz CT molecular complexity index is 1130. The van der Waals surface area contributed by atoms with E-state index in [1.165, 1.54) is 37.6 Å². The molecule has 0 spiro atoms. The predicted molar refractivity (Wildman–Crippen MR) is 132 cm³/mol. The summed E-state index contributed by atoms with van der Waals surface area (Å²) in [6.07, 6.45) is 3.52. The van der Waals surface area contributed by atoms with Crippen molar-refractivity contribution < 1.29 is 13.9 Å². The Labute approximate surface area is 196 Å². The zero-order chi connectivity index (χ0) is 23.6. The highest BCUT2D eigenvalue weighted by molar-refractivity contribution is 5.90. The van der Waals surface area contributed by atoms with Crippen molar-refractivity contribution in [2.45, 2.75) is 39.7 Å². The van der Waals surface area contributed by atoms with Gasteiger partial charge in [0, 0.05) is 29.9 Å². The Kier molecular flexibility index (Phi) is 8.66. The summed E-state index contributed by atoms with van der Waals surface area (Å²) in [5.74, 6) is 5.20. The molecule has 0 aliphatic carbocycles. The minimum Gasteiger partial charge on any atom is -0.465 e. The molecular formula is C29H30FNO2. The number of aryl methyl sites for hydroxylation is 1. The SMILES string of the molecule is CCCCc1ccc(C#Cc2ccc(CN(CC)c3ccc(F)c(C(=O)OC)c3)cc2)cc1. The van der Waals surface area contributed by atoms with Crippen molar-refractivity contribution in [3.05, 3.63) is 100 Å². The van der Waals surface area contributed by atoms with E-state index >= 15 is 0 Å². The quantitative estimate of drug-likeness (QED) is 0.299. The lowest BCUT2D eigenvalue weighted by molar-refractivity contribution is 0.0595. The fourth-order valence-electron chi connectivity index (χ4n) is 3.56. The van der Waals surface area contributed by atoms with Crippen LogP contribution in [-0.4, -0.2) is 19.6 Å². The molecule has 170 valence electrons. The van der Waals surface area contributed by atoms with Crippen LogP contribution in [0.3, 0.4) is 0 Å². The summed E-state index contributed by atoms with van der Waals surface area (Å²) in [4.78, 5) is 13.9. The van der Waals surface area contributed by atoms with E-state index in [1.54, 1.807) is 6.07 Å². The molecule has 0 aliphatic rings. The average Bonchev–Trinajstić information content (AvgIpc) is 2.86. The highest BCUT2D eigenvalue weighted by Gasteiger charge is 2.15. The van der Waals surface area contributed by atoms with E-state index in [1.807, 2.05) is 31.2 Å². The maximum Gasteiger partial charge on any atom is 0.340 e. The first kappa shape index (κ1) is 24.1. The molecule has 0 atom stereocenters. The first-order valence-electron chi connectivity index (χ1n) is 11.4. The van der Waals surface area contributed by atoms with Crippen LogP contribution in [0.25, 0.3) is 0 Å². The molecule has 3 aromatic carbocycles. The minimum absolute atomic E-state index is 0.0579. The fraction of sp³-hybridized carbons (Fsp3) is 0.276. The fourth-order valence-corrected chi connectivity index (χ4v) is 3.56. The van der Waals surface area contributed by atoms with Crippen LogP contribution in [0.5, 0.6) is 0 Å². The predicted octanol–water partition coefficient (Wildman–Crippen LogP) is 6.38. The zero-order valence-corrected chi connectivity index (χ0v) is 19.5. The van der Waals surface area contributed by atoms with E-state index in [0.29, 0.717) is 13.1 Å². The number of anilines is 1. The van der Waals surface area contributed by atoms with E-state index in [9.17, 15) is 9.18 Å². The summed E-state index contributed by atoms with van der Waals surface area (Å²) >= 11 is 0. The molecule has 0 N–H and O–H groups in total. The Hall–Kier alpha value is -3.58. The van der Waals surface area contributed by atoms with Gasteiger partial charge in [-0.15, -0.1) is 0 Å². The number of carbonyl (C=O) groups is 1. The number of benzene rings is 3. The maximum atomic E-state index is 14.0. The van der Waals surface area contributed by atoms with Crippen molar-refractivity contribution >= 4 is 11.7 Å². The van der Waals surface area contributed by atoms with Gasteiger partial charge in [-0.05, 0) is 73.4 Å². The van der Waals surface area contributed by atoms with Crippen LogP contribution in [0.4, 0.5) is 10.1 Å². The monoisotopic (exact) mass is 443 g/mol. The van der Waals surface area contributed by atoms with Crippen molar-refractivity contribution in [1.82, 2.24) is 0 Å². The molecule has 0 amide bonds. The molecule has 0 saturated heterocycles. The molecule has 0 heterocycles. The smallest absolute Gasteiger partial charge is 0.340 e. The molecule has 3 aromatic rings. The third kappa shape index (κ3) is 6.70. The lowest BCUT2D eigenvalue weighted by Gasteiger charge is -2.24. The van der Waals surface area contributed by atoms with Crippen molar-refractivity contribution in [3.63, 3.8) is 0 Å². The highest BCUT2D eigenvalue weighted by atomic mass is 19.1. The maximum absolute atomic E-state index is 14.0. The third-order valence-electron chi connectivity index (χ3n) is 5.55. The Morgan fingerprint density at radius 1 is 0.909 bits per heavy atom. The molecular weight excluding hydrogens is 413 g/mol. The molecule has 4 heteroatoms. The van der Waals surface area contributed by atoms with E-state index in [0.717, 1.165) is 28.8 Å². The molecule has 3 rings (SSSR count). The van der Waals surface area contributed by atoms with Crippen LogP contribution in [-0.2, 0) is 17.7 Å². The van der Waals surface area contributed by atoms with Gasteiger partial charge in [0.1, 0.15) is 5.82 Å². The number of methoxy groups -OCH3 is 1. The summed E-state index contributed by atoms with van der Waals surface area (Å²) in [5, 5.41) is 0. The standard InChI is InChI=1S/C29H30FNO2/c1-4-6-7-22-8-10-23(11-9-22)12-13-24-14-16-25(17-15-24)21-31(5-2)26-18-19-28(30)27(20-26)29(32)33-3/h8-11,14-20H,4-7,21H2,1-3H3. The van der Waals surface area contributed by atoms with E-state index in [-0.39, 0.29) is 5.56 Å². The summed E-state index contributed by atoms with van der Waals surface area (Å²) in [6, 6.07) is 21.1. The van der Waals surface area contributed by atoms with Gasteiger partial charge in [0.15, 0.2) is 0 Å². The number of ether oxygens (including phenoxy) is 1. The van der Waals surface area contributed by atoms with Crippen LogP contribution in [0.2, 0.25) is 0 Å². The Morgan fingerprint density at radius 3 is 2.06 bits per heavy atom. The molecule has 0 unspecified atom stereocenters. The number of hydrogen-bond donors (Lipinski definition) is 0. The van der Waals surface area contributed by atoms with Crippen LogP contribution in [0.15, 0.2) is 66.7 Å². The van der Waals surface area contributed by atoms with Crippen LogP contribution >= 0.6 is 0 Å². The molecule has 3 nitrogen and oxygen atoms in total. The van der Waals surface area contributed by atoms with Gasteiger partial charge in [0.2, 0.25) is 0 Å². The van der Waals surface area contributed by atoms with Gasteiger partial charge in [-0.2, -0.15) is 0 Å². The van der Waals surface area contributed by atoms with Crippen molar-refractivity contribution in [2.75, 3.05) is 18.6 Å². The molecule has 0 bridgehead atoms. The van der Waals surface area contributed by atoms with Crippen LogP contribution in [0.1, 0.15) is 59.3 Å². The normalized spacial score (nSPS) is 10.3. The van der Waals surface area contributed by atoms with E-state index in [2.05, 4.69) is 52.7 Å². The van der Waals surface area contributed by atoms with Crippen molar-refractivity contribution in [1.29, 1.82) is 0 Å². The first-order valence-corrected chi connectivity index (χ1v) is 11.4. The minimum atomic E-state index is -0.677. The number of nitrogens with zero attached hydrogens (tertiary/aromatic N) is 1. The second kappa shape index (κ2) is 11.9. The Morgan fingerprint density at radius 2 is 1.52 bits per heavy atom. The number of halogens is 1. The van der Waals surface area contributed by atoms with Gasteiger partial charge in [-0.25, -0.2) is 9.18 Å². The summed E-state index contributed by atoms with van der Waals surface area (Å²) < 4.78 is 18.7. The summed E-state index contributed by atoms with van der Waals surface area (Å²) in [5.41, 5.74) is 5.13. The van der Waals surface area contributed by atoms with Crippen molar-refractivity contribution in [2.24, 2.45) is 0 Å². The van der Waals surface area contributed by atoms with Gasteiger partial charge in [0.25, 0.3) is 0 Å². The lowest BCUT2D eigenvalue weighted by atomic mass is 10.1. The molecule has 0 aliphatic heterocycles. The lowest BCUT2D eigenvalue weighted by Crippen LogP contribution is -2.22. The van der Waals surface area contributed by atoms with Crippen LogP contribution < -0.4 is 4.90 Å². The number of carbonyl (C=O) groups excluding carboxylic acids is 1. The average molecular weight is 444 g/mol. The van der Waals surface area contributed by atoms with E-state index < -0.39 is 11.8 Å². The number of esters is 1. The van der Waals surface area contributed by atoms with E-state index in [4.69, 9.17) is 0 Å². The molecule has 0 fully saturated rings. The van der Waals surface area contributed by atoms with Crippen LogP contribution in [0, 0.1) is 17.7 Å². The third-order valence-corrected chi connectivity index (χ3v) is 5.55. The molecule has 0 aromatic heterocycles. The van der Waals surface area contributed by atoms with Crippen molar-refractivity contribution in [3.8, 4) is 11.8 Å². The highest BCUT2D eigenvalue weighted by Crippen LogP contribution is 2.22. The molecule has 33 heavy (non-hydrogen) atoms. The number of rotatable bonds is 8. The largest absolute Gasteiger partial charge is 0.465 e.